The Kier molecular flexibility index (Phi) is 4.88. The summed E-state index contributed by atoms with van der Waals surface area (Å²) in [6.07, 6.45) is -2.56. The topological polar surface area (TPSA) is 79.4 Å². The smallest absolute Gasteiger partial charge is 0.367 e. The summed E-state index contributed by atoms with van der Waals surface area (Å²) < 4.78 is 39.6. The van der Waals surface area contributed by atoms with Crippen LogP contribution < -0.4 is 5.32 Å². The highest BCUT2D eigenvalue weighted by Gasteiger charge is 2.34. The van der Waals surface area contributed by atoms with Gasteiger partial charge in [-0.15, -0.1) is 0 Å². The zero-order valence-electron chi connectivity index (χ0n) is 14.2. The normalized spacial score (nSPS) is 12.8. The van der Waals surface area contributed by atoms with Crippen molar-refractivity contribution in [1.29, 1.82) is 0 Å². The van der Waals surface area contributed by atoms with Crippen LogP contribution in [-0.2, 0) is 12.6 Å². The van der Waals surface area contributed by atoms with Gasteiger partial charge in [0, 0.05) is 30.4 Å². The van der Waals surface area contributed by atoms with Gasteiger partial charge in [-0.05, 0) is 32.0 Å². The molecule has 6 nitrogen and oxygen atoms in total. The number of nitrogens with zero attached hydrogens (tertiary/aromatic N) is 4. The number of nitrogens with one attached hydrogen (secondary N) is 2. The average Bonchev–Trinajstić information content (AvgIpc) is 2.99. The fourth-order valence-corrected chi connectivity index (χ4v) is 2.47. The molecule has 0 amide bonds. The molecule has 1 unspecified atom stereocenters. The van der Waals surface area contributed by atoms with Crippen molar-refractivity contribution in [2.45, 2.75) is 32.5 Å². The molecular weight excluding hydrogens is 345 g/mol. The van der Waals surface area contributed by atoms with Gasteiger partial charge in [0.05, 0.1) is 5.69 Å². The van der Waals surface area contributed by atoms with Crippen LogP contribution in [0.1, 0.15) is 24.0 Å². The highest BCUT2D eigenvalue weighted by molar-refractivity contribution is 5.53. The van der Waals surface area contributed by atoms with Crippen molar-refractivity contribution in [1.82, 2.24) is 25.1 Å². The lowest BCUT2D eigenvalue weighted by atomic mass is 10.2. The van der Waals surface area contributed by atoms with E-state index < -0.39 is 11.9 Å². The van der Waals surface area contributed by atoms with Gasteiger partial charge < -0.3 is 5.32 Å². The molecule has 2 N–H and O–H groups in total. The van der Waals surface area contributed by atoms with E-state index in [1.54, 1.807) is 18.2 Å². The molecule has 0 saturated heterocycles. The van der Waals surface area contributed by atoms with Gasteiger partial charge in [0.25, 0.3) is 0 Å². The number of anilines is 1. The van der Waals surface area contributed by atoms with Crippen molar-refractivity contribution in [2.24, 2.45) is 0 Å². The Labute approximate surface area is 147 Å². The van der Waals surface area contributed by atoms with E-state index in [9.17, 15) is 13.2 Å². The van der Waals surface area contributed by atoms with Gasteiger partial charge in [0.15, 0.2) is 11.5 Å². The number of hydrogen-bond donors (Lipinski definition) is 2. The molecule has 1 atom stereocenters. The van der Waals surface area contributed by atoms with Crippen LogP contribution in [0.15, 0.2) is 36.5 Å². The van der Waals surface area contributed by atoms with E-state index in [0.29, 0.717) is 6.42 Å². The van der Waals surface area contributed by atoms with Crippen molar-refractivity contribution in [3.63, 3.8) is 0 Å². The SMILES string of the molecule is Cc1cc(CC(C)Nc2cc(C(F)(F)F)nc(-c3ccccn3)n2)n[nH]1. The summed E-state index contributed by atoms with van der Waals surface area (Å²) in [4.78, 5) is 11.8. The Hall–Kier alpha value is -2.97. The molecule has 0 fully saturated rings. The summed E-state index contributed by atoms with van der Waals surface area (Å²) in [5.74, 6) is 0.0125. The Morgan fingerprint density at radius 2 is 2.00 bits per heavy atom. The summed E-state index contributed by atoms with van der Waals surface area (Å²) in [5, 5.41) is 9.96. The van der Waals surface area contributed by atoms with Crippen molar-refractivity contribution in [3.8, 4) is 11.5 Å². The van der Waals surface area contributed by atoms with Crippen LogP contribution in [0.3, 0.4) is 0 Å². The van der Waals surface area contributed by atoms with Crippen molar-refractivity contribution in [2.75, 3.05) is 5.32 Å². The molecule has 9 heteroatoms. The summed E-state index contributed by atoms with van der Waals surface area (Å²) >= 11 is 0. The zero-order chi connectivity index (χ0) is 18.7. The van der Waals surface area contributed by atoms with Gasteiger partial charge >= 0.3 is 6.18 Å². The monoisotopic (exact) mass is 362 g/mol. The quantitative estimate of drug-likeness (QED) is 0.725. The largest absolute Gasteiger partial charge is 0.433 e. The third-order valence-corrected chi connectivity index (χ3v) is 3.58. The Balaban J connectivity index is 1.88. The molecule has 3 aromatic heterocycles. The predicted octanol–water partition coefficient (Wildman–Crippen LogP) is 3.63. The highest BCUT2D eigenvalue weighted by Crippen LogP contribution is 2.30. The average molecular weight is 362 g/mol. The van der Waals surface area contributed by atoms with Crippen LogP contribution in [0.5, 0.6) is 0 Å². The van der Waals surface area contributed by atoms with E-state index in [1.807, 2.05) is 19.9 Å². The molecule has 3 heterocycles. The van der Waals surface area contributed by atoms with E-state index in [1.165, 1.54) is 6.20 Å². The maximum absolute atomic E-state index is 13.2. The number of aryl methyl sites for hydroxylation is 1. The molecule has 136 valence electrons. The van der Waals surface area contributed by atoms with Gasteiger partial charge in [-0.2, -0.15) is 18.3 Å². The maximum atomic E-state index is 13.2. The summed E-state index contributed by atoms with van der Waals surface area (Å²) in [6.45, 7) is 3.73. The summed E-state index contributed by atoms with van der Waals surface area (Å²) in [6, 6.07) is 7.52. The molecule has 0 bridgehead atoms. The second kappa shape index (κ2) is 7.11. The van der Waals surface area contributed by atoms with E-state index >= 15 is 0 Å². The van der Waals surface area contributed by atoms with Crippen molar-refractivity contribution >= 4 is 5.82 Å². The number of hydrogen-bond acceptors (Lipinski definition) is 5. The first-order valence-electron chi connectivity index (χ1n) is 7.96. The molecule has 0 spiro atoms. The number of H-pyrrole nitrogens is 1. The number of rotatable bonds is 5. The van der Waals surface area contributed by atoms with Crippen LogP contribution in [-0.4, -0.2) is 31.2 Å². The number of alkyl halides is 3. The Morgan fingerprint density at radius 3 is 2.62 bits per heavy atom. The summed E-state index contributed by atoms with van der Waals surface area (Å²) in [7, 11) is 0. The van der Waals surface area contributed by atoms with E-state index in [0.717, 1.165) is 17.5 Å². The van der Waals surface area contributed by atoms with Crippen LogP contribution >= 0.6 is 0 Å². The van der Waals surface area contributed by atoms with Crippen molar-refractivity contribution in [3.05, 3.63) is 53.6 Å². The predicted molar refractivity (Wildman–Crippen MR) is 90.4 cm³/mol. The van der Waals surface area contributed by atoms with Gasteiger partial charge in [-0.25, -0.2) is 9.97 Å². The Bertz CT molecular complexity index is 876. The molecule has 26 heavy (non-hydrogen) atoms. The molecule has 0 aromatic carbocycles. The van der Waals surface area contributed by atoms with Gasteiger partial charge in [0.1, 0.15) is 11.5 Å². The van der Waals surface area contributed by atoms with Crippen LogP contribution in [0, 0.1) is 6.92 Å². The molecular formula is C17H17F3N6. The van der Waals surface area contributed by atoms with E-state index in [-0.39, 0.29) is 23.4 Å². The van der Waals surface area contributed by atoms with Crippen LogP contribution in [0.2, 0.25) is 0 Å². The Morgan fingerprint density at radius 1 is 1.19 bits per heavy atom. The number of pyridine rings is 1. The molecule has 0 radical (unpaired) electrons. The molecule has 0 aliphatic heterocycles. The van der Waals surface area contributed by atoms with Crippen LogP contribution in [0.4, 0.5) is 19.0 Å². The second-order valence-electron chi connectivity index (χ2n) is 5.97. The van der Waals surface area contributed by atoms with E-state index in [4.69, 9.17) is 0 Å². The first-order valence-corrected chi connectivity index (χ1v) is 7.96. The molecule has 3 aromatic rings. The lowest BCUT2D eigenvalue weighted by Gasteiger charge is -2.16. The molecule has 3 rings (SSSR count). The zero-order valence-corrected chi connectivity index (χ0v) is 14.2. The molecule has 0 saturated carbocycles. The van der Waals surface area contributed by atoms with Gasteiger partial charge in [-0.3, -0.25) is 10.1 Å². The first-order chi connectivity index (χ1) is 12.3. The van der Waals surface area contributed by atoms with E-state index in [2.05, 4.69) is 30.5 Å². The number of halogens is 3. The highest BCUT2D eigenvalue weighted by atomic mass is 19.4. The number of aromatic nitrogens is 5. The lowest BCUT2D eigenvalue weighted by Crippen LogP contribution is -2.20. The van der Waals surface area contributed by atoms with Crippen LogP contribution in [0.25, 0.3) is 11.5 Å². The summed E-state index contributed by atoms with van der Waals surface area (Å²) in [5.41, 5.74) is 0.999. The minimum atomic E-state index is -4.58. The first kappa shape index (κ1) is 17.8. The fourth-order valence-electron chi connectivity index (χ4n) is 2.47. The van der Waals surface area contributed by atoms with Crippen molar-refractivity contribution < 1.29 is 13.2 Å². The third kappa shape index (κ3) is 4.35. The number of aromatic amines is 1. The maximum Gasteiger partial charge on any atom is 0.433 e. The lowest BCUT2D eigenvalue weighted by molar-refractivity contribution is -0.141. The third-order valence-electron chi connectivity index (χ3n) is 3.58. The minimum absolute atomic E-state index is 0.0780. The molecule has 0 aliphatic carbocycles. The minimum Gasteiger partial charge on any atom is -0.367 e. The second-order valence-corrected chi connectivity index (χ2v) is 5.97. The standard InChI is InChI=1S/C17H17F3N6/c1-10(7-12-8-11(2)25-26-12)22-15-9-14(17(18,19)20)23-16(24-15)13-5-3-4-6-21-13/h3-6,8-10H,7H2,1-2H3,(H,25,26)(H,22,23,24). The van der Waals surface area contributed by atoms with Gasteiger partial charge in [-0.1, -0.05) is 6.07 Å². The fraction of sp³-hybridized carbons (Fsp3) is 0.294. The van der Waals surface area contributed by atoms with Gasteiger partial charge in [0.2, 0.25) is 0 Å². The molecule has 0 aliphatic rings.